The largest absolute Gasteiger partial charge is 0.386 e. The van der Waals surface area contributed by atoms with Gasteiger partial charge in [0.25, 0.3) is 5.91 Å². The van der Waals surface area contributed by atoms with Gasteiger partial charge in [-0.2, -0.15) is 0 Å². The van der Waals surface area contributed by atoms with Gasteiger partial charge in [0, 0.05) is 5.56 Å². The molecule has 120 valence electrons. The standard InChI is InChI=1S/C15H10F4N2O2/c16-10-4-2-1-3-9(10)7-20-23-8-13(22)21-12-6-5-11(17)14(18)15(12)19/h1-7H,8H2,(H,21,22)/b20-7-. The number of benzene rings is 2. The third-order valence-electron chi connectivity index (χ3n) is 2.68. The molecule has 0 atom stereocenters. The average Bonchev–Trinajstić information content (AvgIpc) is 2.54. The lowest BCUT2D eigenvalue weighted by Gasteiger charge is -2.06. The molecule has 0 aliphatic carbocycles. The van der Waals surface area contributed by atoms with Crippen molar-refractivity contribution in [1.82, 2.24) is 0 Å². The Balaban J connectivity index is 1.89. The molecule has 2 rings (SSSR count). The highest BCUT2D eigenvalue weighted by atomic mass is 19.2. The minimum absolute atomic E-state index is 0.152. The molecule has 2 aromatic carbocycles. The van der Waals surface area contributed by atoms with E-state index in [0.29, 0.717) is 6.07 Å². The van der Waals surface area contributed by atoms with Crippen LogP contribution in [0.3, 0.4) is 0 Å². The number of hydrogen-bond donors (Lipinski definition) is 1. The van der Waals surface area contributed by atoms with E-state index >= 15 is 0 Å². The van der Waals surface area contributed by atoms with Crippen LogP contribution in [0.5, 0.6) is 0 Å². The summed E-state index contributed by atoms with van der Waals surface area (Å²) in [6.07, 6.45) is 1.06. The lowest BCUT2D eigenvalue weighted by Crippen LogP contribution is -2.18. The van der Waals surface area contributed by atoms with Crippen molar-refractivity contribution in [3.05, 3.63) is 65.2 Å². The number of halogens is 4. The van der Waals surface area contributed by atoms with Gasteiger partial charge in [-0.05, 0) is 18.2 Å². The van der Waals surface area contributed by atoms with Crippen LogP contribution in [0.4, 0.5) is 23.2 Å². The van der Waals surface area contributed by atoms with Crippen LogP contribution in [0.2, 0.25) is 0 Å². The van der Waals surface area contributed by atoms with E-state index in [9.17, 15) is 22.4 Å². The van der Waals surface area contributed by atoms with Crippen LogP contribution in [0, 0.1) is 23.3 Å². The molecule has 0 unspecified atom stereocenters. The number of carbonyl (C=O) groups is 1. The monoisotopic (exact) mass is 326 g/mol. The van der Waals surface area contributed by atoms with Crippen LogP contribution in [-0.2, 0) is 9.63 Å². The van der Waals surface area contributed by atoms with Crippen molar-refractivity contribution >= 4 is 17.8 Å². The molecule has 0 radical (unpaired) electrons. The molecule has 0 aliphatic rings. The Hall–Kier alpha value is -2.90. The predicted octanol–water partition coefficient (Wildman–Crippen LogP) is 3.23. The molecular weight excluding hydrogens is 316 g/mol. The van der Waals surface area contributed by atoms with E-state index in [4.69, 9.17) is 0 Å². The lowest BCUT2D eigenvalue weighted by atomic mass is 10.2. The molecule has 8 heteroatoms. The first-order valence-corrected chi connectivity index (χ1v) is 6.32. The van der Waals surface area contributed by atoms with Gasteiger partial charge in [-0.1, -0.05) is 23.4 Å². The molecule has 0 aromatic heterocycles. The van der Waals surface area contributed by atoms with Crippen molar-refractivity contribution < 1.29 is 27.2 Å². The number of rotatable bonds is 5. The Morgan fingerprint density at radius 1 is 1.04 bits per heavy atom. The van der Waals surface area contributed by atoms with Crippen LogP contribution in [0.1, 0.15) is 5.56 Å². The van der Waals surface area contributed by atoms with Gasteiger partial charge in [0.1, 0.15) is 5.82 Å². The van der Waals surface area contributed by atoms with Gasteiger partial charge in [-0.3, -0.25) is 4.79 Å². The molecule has 1 amide bonds. The molecule has 0 bridgehead atoms. The molecule has 2 aromatic rings. The van der Waals surface area contributed by atoms with Gasteiger partial charge in [-0.25, -0.2) is 17.6 Å². The minimum atomic E-state index is -1.69. The van der Waals surface area contributed by atoms with E-state index in [0.717, 1.165) is 12.3 Å². The maximum Gasteiger partial charge on any atom is 0.265 e. The summed E-state index contributed by atoms with van der Waals surface area (Å²) >= 11 is 0. The third kappa shape index (κ3) is 4.29. The molecule has 0 aliphatic heterocycles. The first-order valence-electron chi connectivity index (χ1n) is 6.32. The number of anilines is 1. The number of carbonyl (C=O) groups excluding carboxylic acids is 1. The zero-order valence-electron chi connectivity index (χ0n) is 11.5. The average molecular weight is 326 g/mol. The molecule has 4 nitrogen and oxygen atoms in total. The van der Waals surface area contributed by atoms with Gasteiger partial charge >= 0.3 is 0 Å². The van der Waals surface area contributed by atoms with E-state index in [-0.39, 0.29) is 5.56 Å². The van der Waals surface area contributed by atoms with Crippen LogP contribution < -0.4 is 5.32 Å². The molecule has 0 heterocycles. The molecule has 23 heavy (non-hydrogen) atoms. The van der Waals surface area contributed by atoms with Gasteiger partial charge in [0.15, 0.2) is 24.1 Å². The highest BCUT2D eigenvalue weighted by Gasteiger charge is 2.15. The van der Waals surface area contributed by atoms with Gasteiger partial charge in [0.05, 0.1) is 11.9 Å². The second-order valence-corrected chi connectivity index (χ2v) is 4.30. The maximum atomic E-state index is 13.3. The summed E-state index contributed by atoms with van der Waals surface area (Å²) in [6.45, 7) is -0.622. The van der Waals surface area contributed by atoms with E-state index in [2.05, 4.69) is 9.99 Å². The number of amides is 1. The lowest BCUT2D eigenvalue weighted by molar-refractivity contribution is -0.120. The van der Waals surface area contributed by atoms with E-state index < -0.39 is 41.5 Å². The van der Waals surface area contributed by atoms with E-state index in [1.54, 1.807) is 6.07 Å². The highest BCUT2D eigenvalue weighted by molar-refractivity contribution is 5.91. The Bertz CT molecular complexity index is 750. The van der Waals surface area contributed by atoms with Crippen LogP contribution >= 0.6 is 0 Å². The fourth-order valence-corrected chi connectivity index (χ4v) is 1.58. The van der Waals surface area contributed by atoms with Crippen LogP contribution in [0.25, 0.3) is 0 Å². The summed E-state index contributed by atoms with van der Waals surface area (Å²) in [5.74, 6) is -5.95. The second kappa shape index (κ2) is 7.39. The number of nitrogens with one attached hydrogen (secondary N) is 1. The number of oxime groups is 1. The summed E-state index contributed by atoms with van der Waals surface area (Å²) in [7, 11) is 0. The van der Waals surface area contributed by atoms with Crippen molar-refractivity contribution in [3.8, 4) is 0 Å². The summed E-state index contributed by atoms with van der Waals surface area (Å²) < 4.78 is 52.3. The summed E-state index contributed by atoms with van der Waals surface area (Å²) in [5.41, 5.74) is -0.379. The Kier molecular flexibility index (Phi) is 5.29. The molecule has 0 spiro atoms. The molecule has 1 N–H and O–H groups in total. The number of nitrogens with zero attached hydrogens (tertiary/aromatic N) is 1. The summed E-state index contributed by atoms with van der Waals surface area (Å²) in [4.78, 5) is 16.1. The Morgan fingerprint density at radius 3 is 2.52 bits per heavy atom. The SMILES string of the molecule is O=C(CO/N=C\c1ccccc1F)Nc1ccc(F)c(F)c1F. The van der Waals surface area contributed by atoms with Gasteiger partial charge < -0.3 is 10.2 Å². The highest BCUT2D eigenvalue weighted by Crippen LogP contribution is 2.19. The second-order valence-electron chi connectivity index (χ2n) is 4.30. The van der Waals surface area contributed by atoms with Gasteiger partial charge in [0.2, 0.25) is 0 Å². The van der Waals surface area contributed by atoms with E-state index in [1.807, 2.05) is 5.32 Å². The molecular formula is C15H10F4N2O2. The molecule has 0 saturated heterocycles. The van der Waals surface area contributed by atoms with Crippen molar-refractivity contribution in [2.75, 3.05) is 11.9 Å². The quantitative estimate of drug-likeness (QED) is 0.397. The number of hydrogen-bond acceptors (Lipinski definition) is 3. The zero-order valence-corrected chi connectivity index (χ0v) is 11.5. The fraction of sp³-hybridized carbons (Fsp3) is 0.0667. The first kappa shape index (κ1) is 16.5. The minimum Gasteiger partial charge on any atom is -0.386 e. The zero-order chi connectivity index (χ0) is 16.8. The molecule has 0 fully saturated rings. The molecule has 0 saturated carbocycles. The van der Waals surface area contributed by atoms with E-state index in [1.165, 1.54) is 18.2 Å². The van der Waals surface area contributed by atoms with Gasteiger partial charge in [-0.15, -0.1) is 0 Å². The summed E-state index contributed by atoms with van der Waals surface area (Å²) in [6, 6.07) is 7.29. The third-order valence-corrected chi connectivity index (χ3v) is 2.68. The van der Waals surface area contributed by atoms with Crippen LogP contribution in [-0.4, -0.2) is 18.7 Å². The predicted molar refractivity (Wildman–Crippen MR) is 74.9 cm³/mol. The summed E-state index contributed by atoms with van der Waals surface area (Å²) in [5, 5.41) is 5.38. The van der Waals surface area contributed by atoms with Crippen LogP contribution in [0.15, 0.2) is 41.6 Å². The topological polar surface area (TPSA) is 50.7 Å². The normalized spacial score (nSPS) is 10.8. The van der Waals surface area contributed by atoms with Crippen molar-refractivity contribution in [1.29, 1.82) is 0 Å². The van der Waals surface area contributed by atoms with Crippen molar-refractivity contribution in [3.63, 3.8) is 0 Å². The smallest absolute Gasteiger partial charge is 0.265 e. The van der Waals surface area contributed by atoms with Crippen molar-refractivity contribution in [2.45, 2.75) is 0 Å². The Labute approximate surface area is 128 Å². The maximum absolute atomic E-state index is 13.3. The Morgan fingerprint density at radius 2 is 1.78 bits per heavy atom. The van der Waals surface area contributed by atoms with Crippen molar-refractivity contribution in [2.24, 2.45) is 5.16 Å². The fourth-order valence-electron chi connectivity index (χ4n) is 1.58. The first-order chi connectivity index (χ1) is 11.0.